The number of rotatable bonds is 3. The van der Waals surface area contributed by atoms with Crippen LogP contribution in [0.3, 0.4) is 0 Å². The molecule has 2 saturated heterocycles. The molecule has 2 atom stereocenters. The first-order valence-corrected chi connectivity index (χ1v) is 8.48. The highest BCUT2D eigenvalue weighted by Gasteiger charge is 2.32. The molecule has 0 unspecified atom stereocenters. The fourth-order valence-electron chi connectivity index (χ4n) is 3.89. The number of allylic oxidation sites excluding steroid dienone is 3. The Kier molecular flexibility index (Phi) is 3.69. The van der Waals surface area contributed by atoms with Crippen molar-refractivity contribution < 1.29 is 0 Å². The summed E-state index contributed by atoms with van der Waals surface area (Å²) in [6.45, 7) is 3.97. The zero-order valence-electron chi connectivity index (χ0n) is 13.9. The molecular weight excluding hydrogens is 300 g/mol. The van der Waals surface area contributed by atoms with Crippen LogP contribution in [0.25, 0.3) is 11.1 Å². The Labute approximate surface area is 141 Å². The van der Waals surface area contributed by atoms with E-state index in [0.717, 1.165) is 35.4 Å². The summed E-state index contributed by atoms with van der Waals surface area (Å²) >= 11 is 0. The highest BCUT2D eigenvalue weighted by Crippen LogP contribution is 2.30. The van der Waals surface area contributed by atoms with Crippen LogP contribution in [0, 0.1) is 0 Å². The molecule has 4 rings (SSSR count). The van der Waals surface area contributed by atoms with Gasteiger partial charge in [0, 0.05) is 60.6 Å². The third-order valence-corrected chi connectivity index (χ3v) is 4.94. The molecule has 24 heavy (non-hydrogen) atoms. The van der Waals surface area contributed by atoms with Crippen molar-refractivity contribution in [2.75, 3.05) is 18.0 Å². The molecule has 0 spiro atoms. The maximum Gasteiger partial charge on any atom is 0.0886 e. The van der Waals surface area contributed by atoms with E-state index >= 15 is 0 Å². The first-order chi connectivity index (χ1) is 11.6. The predicted molar refractivity (Wildman–Crippen MR) is 97.5 cm³/mol. The van der Waals surface area contributed by atoms with Gasteiger partial charge in [-0.2, -0.15) is 5.10 Å². The summed E-state index contributed by atoms with van der Waals surface area (Å²) in [6.07, 6.45) is 9.90. The number of nitrogens with zero attached hydrogens (tertiary/aromatic N) is 3. The van der Waals surface area contributed by atoms with Gasteiger partial charge in [-0.3, -0.25) is 0 Å². The normalized spacial score (nSPS) is 24.8. The van der Waals surface area contributed by atoms with E-state index in [4.69, 9.17) is 11.5 Å². The quantitative estimate of drug-likeness (QED) is 0.744. The molecule has 2 fully saturated rings. The molecule has 0 saturated carbocycles. The number of anilines is 1. The minimum Gasteiger partial charge on any atom is -0.404 e. The molecule has 2 aromatic heterocycles. The molecule has 6 nitrogen and oxygen atoms in total. The topological polar surface area (TPSA) is 84.6 Å². The standard InChI is InChI=1S/C18H24N6/c1-12(20)6-13(8-19)14-7-18-17(4-5-21-24(18)9-14)23-10-15-2-3-16(11-23)22-15/h4-9,15-16,22H,2-3,10-11,19-20H2,1H3/b12-6-,13-8+/t15-,16+. The van der Waals surface area contributed by atoms with Crippen molar-refractivity contribution in [3.8, 4) is 0 Å². The summed E-state index contributed by atoms with van der Waals surface area (Å²) in [5.74, 6) is 0. The Morgan fingerprint density at radius 3 is 2.75 bits per heavy atom. The Hall–Kier alpha value is -2.47. The number of hydrogen-bond acceptors (Lipinski definition) is 5. The number of hydrogen-bond donors (Lipinski definition) is 3. The Morgan fingerprint density at radius 2 is 2.08 bits per heavy atom. The average Bonchev–Trinajstić information content (AvgIpc) is 3.14. The fourth-order valence-corrected chi connectivity index (χ4v) is 3.89. The molecule has 2 aliphatic heterocycles. The van der Waals surface area contributed by atoms with Crippen LogP contribution in [0.15, 0.2) is 42.5 Å². The molecule has 2 aromatic rings. The monoisotopic (exact) mass is 324 g/mol. The second-order valence-corrected chi connectivity index (χ2v) is 6.83. The van der Waals surface area contributed by atoms with Gasteiger partial charge in [0.05, 0.1) is 11.2 Å². The van der Waals surface area contributed by atoms with E-state index in [9.17, 15) is 0 Å². The molecule has 126 valence electrons. The van der Waals surface area contributed by atoms with Crippen LogP contribution >= 0.6 is 0 Å². The van der Waals surface area contributed by atoms with Gasteiger partial charge in [0.1, 0.15) is 0 Å². The lowest BCUT2D eigenvalue weighted by Gasteiger charge is -2.34. The van der Waals surface area contributed by atoms with Crippen molar-refractivity contribution in [2.45, 2.75) is 31.8 Å². The molecule has 2 aliphatic rings. The first-order valence-electron chi connectivity index (χ1n) is 8.48. The Bertz CT molecular complexity index is 802. The number of aromatic nitrogens is 2. The molecule has 0 amide bonds. The van der Waals surface area contributed by atoms with Gasteiger partial charge in [0.15, 0.2) is 0 Å². The Balaban J connectivity index is 1.74. The van der Waals surface area contributed by atoms with Gasteiger partial charge < -0.3 is 21.7 Å². The van der Waals surface area contributed by atoms with E-state index in [1.807, 2.05) is 29.9 Å². The number of nitrogens with one attached hydrogen (secondary N) is 1. The zero-order valence-corrected chi connectivity index (χ0v) is 13.9. The van der Waals surface area contributed by atoms with Crippen LogP contribution in [0.2, 0.25) is 0 Å². The minimum atomic E-state index is 0.605. The van der Waals surface area contributed by atoms with Gasteiger partial charge in [-0.05, 0) is 38.0 Å². The van der Waals surface area contributed by atoms with E-state index in [-0.39, 0.29) is 0 Å². The van der Waals surface area contributed by atoms with Gasteiger partial charge >= 0.3 is 0 Å². The summed E-state index contributed by atoms with van der Waals surface area (Å²) in [6, 6.07) is 5.46. The number of piperazine rings is 1. The SMILES string of the molecule is C/C(N)=C/C(=C\N)c1cc2c(N3C[C@H]4CC[C@@H](C3)N4)ccnn2c1. The van der Waals surface area contributed by atoms with Crippen LogP contribution in [0.4, 0.5) is 5.69 Å². The maximum absolute atomic E-state index is 5.81. The summed E-state index contributed by atoms with van der Waals surface area (Å²) in [5, 5.41) is 8.14. The van der Waals surface area contributed by atoms with Crippen LogP contribution in [0.5, 0.6) is 0 Å². The molecule has 0 radical (unpaired) electrons. The Morgan fingerprint density at radius 1 is 1.33 bits per heavy atom. The van der Waals surface area contributed by atoms with Gasteiger partial charge in [0.2, 0.25) is 0 Å². The summed E-state index contributed by atoms with van der Waals surface area (Å²) in [4.78, 5) is 2.48. The summed E-state index contributed by atoms with van der Waals surface area (Å²) < 4.78 is 1.93. The minimum absolute atomic E-state index is 0.605. The lowest BCUT2D eigenvalue weighted by molar-refractivity contribution is 0.466. The van der Waals surface area contributed by atoms with Crippen LogP contribution in [0.1, 0.15) is 25.3 Å². The highest BCUT2D eigenvalue weighted by molar-refractivity contribution is 5.82. The van der Waals surface area contributed by atoms with Crippen molar-refractivity contribution >= 4 is 16.8 Å². The van der Waals surface area contributed by atoms with Crippen molar-refractivity contribution in [3.63, 3.8) is 0 Å². The van der Waals surface area contributed by atoms with Crippen molar-refractivity contribution in [1.29, 1.82) is 0 Å². The molecular formula is C18H24N6. The van der Waals surface area contributed by atoms with E-state index in [1.54, 1.807) is 6.20 Å². The lowest BCUT2D eigenvalue weighted by atomic mass is 10.1. The largest absolute Gasteiger partial charge is 0.404 e. The van der Waals surface area contributed by atoms with E-state index in [2.05, 4.69) is 27.4 Å². The average molecular weight is 324 g/mol. The molecule has 0 aliphatic carbocycles. The molecule has 4 heterocycles. The van der Waals surface area contributed by atoms with Crippen LogP contribution < -0.4 is 21.7 Å². The smallest absolute Gasteiger partial charge is 0.0886 e. The summed E-state index contributed by atoms with van der Waals surface area (Å²) in [5.41, 5.74) is 16.6. The van der Waals surface area contributed by atoms with Crippen molar-refractivity contribution in [2.24, 2.45) is 11.5 Å². The summed E-state index contributed by atoms with van der Waals surface area (Å²) in [7, 11) is 0. The molecule has 2 bridgehead atoms. The third-order valence-electron chi connectivity index (χ3n) is 4.94. The zero-order chi connectivity index (χ0) is 16.7. The fraction of sp³-hybridized carbons (Fsp3) is 0.389. The number of fused-ring (bicyclic) bond motifs is 3. The van der Waals surface area contributed by atoms with Gasteiger partial charge in [-0.25, -0.2) is 4.52 Å². The maximum atomic E-state index is 5.81. The van der Waals surface area contributed by atoms with E-state index in [0.29, 0.717) is 12.1 Å². The highest BCUT2D eigenvalue weighted by atomic mass is 15.3. The van der Waals surface area contributed by atoms with Gasteiger partial charge in [-0.15, -0.1) is 0 Å². The van der Waals surface area contributed by atoms with Crippen molar-refractivity contribution in [3.05, 3.63) is 48.1 Å². The first kappa shape index (κ1) is 15.1. The second-order valence-electron chi connectivity index (χ2n) is 6.83. The molecule has 5 N–H and O–H groups in total. The van der Waals surface area contributed by atoms with Gasteiger partial charge in [-0.1, -0.05) is 0 Å². The lowest BCUT2D eigenvalue weighted by Crippen LogP contribution is -2.51. The third kappa shape index (κ3) is 2.63. The van der Waals surface area contributed by atoms with E-state index < -0.39 is 0 Å². The number of nitrogens with two attached hydrogens (primary N) is 2. The van der Waals surface area contributed by atoms with E-state index in [1.165, 1.54) is 18.5 Å². The molecule has 0 aromatic carbocycles. The predicted octanol–water partition coefficient (Wildman–Crippen LogP) is 1.44. The van der Waals surface area contributed by atoms with Gasteiger partial charge in [0.25, 0.3) is 0 Å². The van der Waals surface area contributed by atoms with Crippen LogP contribution in [-0.2, 0) is 0 Å². The molecule has 6 heteroatoms. The van der Waals surface area contributed by atoms with Crippen LogP contribution in [-0.4, -0.2) is 34.8 Å². The van der Waals surface area contributed by atoms with Crippen molar-refractivity contribution in [1.82, 2.24) is 14.9 Å². The second kappa shape index (κ2) is 5.87.